The lowest BCUT2D eigenvalue weighted by atomic mass is 10.0. The van der Waals surface area contributed by atoms with Crippen molar-refractivity contribution in [2.24, 2.45) is 0 Å². The van der Waals surface area contributed by atoms with E-state index in [2.05, 4.69) is 15.4 Å². The number of ketones is 1. The molecule has 0 saturated carbocycles. The number of halogens is 1. The van der Waals surface area contributed by atoms with Crippen LogP contribution in [0.1, 0.15) is 41.8 Å². The fourth-order valence-corrected chi connectivity index (χ4v) is 5.06. The van der Waals surface area contributed by atoms with Crippen LogP contribution in [0.3, 0.4) is 0 Å². The average Bonchev–Trinajstić information content (AvgIpc) is 3.28. The number of Topliss-reactive ketones (excluding diaryl/α,β-unsaturated/α-hetero) is 1. The Morgan fingerprint density at radius 2 is 1.97 bits per heavy atom. The molecule has 0 bridgehead atoms. The Balaban J connectivity index is 1.75. The molecule has 2 fully saturated rings. The highest BCUT2D eigenvalue weighted by atomic mass is 35.5. The van der Waals surface area contributed by atoms with E-state index in [-0.39, 0.29) is 35.7 Å². The van der Waals surface area contributed by atoms with Crippen LogP contribution in [0.5, 0.6) is 0 Å². The van der Waals surface area contributed by atoms with Gasteiger partial charge in [0.15, 0.2) is 12.4 Å². The number of ether oxygens (including phenoxy) is 2. The van der Waals surface area contributed by atoms with Crippen LogP contribution in [0.4, 0.5) is 4.79 Å². The number of esters is 1. The number of amides is 4. The van der Waals surface area contributed by atoms with Crippen LogP contribution in [0.25, 0.3) is 0 Å². The van der Waals surface area contributed by atoms with Gasteiger partial charge >= 0.3 is 18.0 Å². The highest BCUT2D eigenvalue weighted by molar-refractivity contribution is 7.12. The van der Waals surface area contributed by atoms with Crippen LogP contribution < -0.4 is 10.6 Å². The molecular weight excluding hydrogens is 548 g/mol. The van der Waals surface area contributed by atoms with E-state index in [0.29, 0.717) is 6.42 Å². The predicted octanol–water partition coefficient (Wildman–Crippen LogP) is 0.340. The minimum atomic E-state index is -1.59. The zero-order valence-electron chi connectivity index (χ0n) is 20.1. The van der Waals surface area contributed by atoms with E-state index in [9.17, 15) is 38.7 Å². The minimum absolute atomic E-state index is 0.0200. The van der Waals surface area contributed by atoms with Gasteiger partial charge in [0.05, 0.1) is 18.6 Å². The minimum Gasteiger partial charge on any atom is -0.481 e. The molecule has 206 valence electrons. The van der Waals surface area contributed by atoms with Gasteiger partial charge < -0.3 is 25.2 Å². The molecule has 1 aromatic heterocycles. The summed E-state index contributed by atoms with van der Waals surface area (Å²) in [4.78, 5) is 87.2. The zero-order valence-corrected chi connectivity index (χ0v) is 21.7. The van der Waals surface area contributed by atoms with Crippen LogP contribution >= 0.6 is 22.9 Å². The number of carbonyl (C=O) groups excluding carboxylic acids is 6. The molecule has 2 aliphatic rings. The Labute approximate surface area is 225 Å². The first-order valence-corrected chi connectivity index (χ1v) is 12.7. The third kappa shape index (κ3) is 6.77. The summed E-state index contributed by atoms with van der Waals surface area (Å²) < 4.78 is 9.47. The van der Waals surface area contributed by atoms with Gasteiger partial charge in [-0.25, -0.2) is 14.6 Å². The third-order valence-corrected chi connectivity index (χ3v) is 7.20. The maximum atomic E-state index is 13.3. The van der Waals surface area contributed by atoms with Crippen molar-refractivity contribution in [2.75, 3.05) is 20.3 Å². The molecule has 2 aliphatic heterocycles. The van der Waals surface area contributed by atoms with Crippen LogP contribution in [0.15, 0.2) is 11.4 Å². The number of carboxylic acids is 1. The normalized spacial score (nSPS) is 20.1. The van der Waals surface area contributed by atoms with Gasteiger partial charge in [-0.05, 0) is 30.7 Å². The lowest BCUT2D eigenvalue weighted by Gasteiger charge is -2.43. The summed E-state index contributed by atoms with van der Waals surface area (Å²) in [5.41, 5.74) is 0. The van der Waals surface area contributed by atoms with Gasteiger partial charge in [-0.15, -0.1) is 11.3 Å². The second-order valence-electron chi connectivity index (χ2n) is 8.38. The number of carboxylic acid groups (broad SMARTS) is 1. The lowest BCUT2D eigenvalue weighted by molar-refractivity contribution is -0.176. The lowest BCUT2D eigenvalue weighted by Crippen LogP contribution is -2.64. The molecule has 1 aromatic rings. The molecule has 2 saturated heterocycles. The highest BCUT2D eigenvalue weighted by Gasteiger charge is 2.45. The van der Waals surface area contributed by atoms with Gasteiger partial charge in [-0.2, -0.15) is 0 Å². The highest BCUT2D eigenvalue weighted by Crippen LogP contribution is 2.25. The summed E-state index contributed by atoms with van der Waals surface area (Å²) >= 11 is 6.86. The summed E-state index contributed by atoms with van der Waals surface area (Å²) in [7, 11) is 1.11. The van der Waals surface area contributed by atoms with Gasteiger partial charge in [0.25, 0.3) is 5.91 Å². The molecule has 3 N–H and O–H groups in total. The van der Waals surface area contributed by atoms with E-state index in [4.69, 9.17) is 16.3 Å². The van der Waals surface area contributed by atoms with Gasteiger partial charge in [-0.3, -0.25) is 29.0 Å². The van der Waals surface area contributed by atoms with Crippen molar-refractivity contribution in [1.82, 2.24) is 20.7 Å². The number of methoxy groups -OCH3 is 1. The second kappa shape index (κ2) is 12.7. The van der Waals surface area contributed by atoms with Gasteiger partial charge in [-0.1, -0.05) is 11.6 Å². The summed E-state index contributed by atoms with van der Waals surface area (Å²) in [5.74, 6) is -5.27. The molecule has 16 heteroatoms. The molecule has 4 amide bonds. The van der Waals surface area contributed by atoms with Gasteiger partial charge in [0.2, 0.25) is 11.8 Å². The van der Waals surface area contributed by atoms with Gasteiger partial charge in [0.1, 0.15) is 23.0 Å². The number of carbonyl (C=O) groups is 7. The van der Waals surface area contributed by atoms with Gasteiger partial charge in [0, 0.05) is 13.0 Å². The number of thiophene rings is 1. The SMILES string of the molecule is COC(=O)NC1CCC(=O)N2CCC[C@@H](C(=O)N[C@@H](CC(=O)O)C(=O)COC(=O)c3sccc3Cl)N2C1=O. The van der Waals surface area contributed by atoms with Crippen molar-refractivity contribution in [3.8, 4) is 0 Å². The molecule has 0 aromatic carbocycles. The number of hydrogen-bond acceptors (Lipinski definition) is 10. The summed E-state index contributed by atoms with van der Waals surface area (Å²) in [6.45, 7) is -0.688. The largest absolute Gasteiger partial charge is 0.481 e. The van der Waals surface area contributed by atoms with Crippen LogP contribution in [-0.4, -0.2) is 95.0 Å². The number of hydrogen-bond donors (Lipinski definition) is 3. The Bertz CT molecular complexity index is 1140. The number of aliphatic carboxylic acids is 1. The van der Waals surface area contributed by atoms with E-state index in [1.54, 1.807) is 5.38 Å². The van der Waals surface area contributed by atoms with Crippen molar-refractivity contribution < 1.29 is 48.1 Å². The van der Waals surface area contributed by atoms with E-state index in [1.165, 1.54) is 6.07 Å². The number of rotatable bonds is 9. The number of hydrazine groups is 1. The van der Waals surface area contributed by atoms with E-state index in [1.807, 2.05) is 0 Å². The monoisotopic (exact) mass is 572 g/mol. The Hall–Kier alpha value is -3.72. The second-order valence-corrected chi connectivity index (χ2v) is 9.71. The van der Waals surface area contributed by atoms with Crippen LogP contribution in [-0.2, 0) is 33.4 Å². The van der Waals surface area contributed by atoms with Crippen LogP contribution in [0.2, 0.25) is 5.02 Å². The molecule has 3 rings (SSSR count). The number of fused-ring (bicyclic) bond motifs is 1. The standard InChI is InChI=1S/C22H25ClN4O10S/c1-36-22(35)25-12-4-5-16(29)26-7-2-3-14(27(26)20(12)33)19(32)24-13(9-17(30)31)15(28)10-37-21(34)18-11(23)6-8-38-18/h6,8,12-14H,2-5,7,9-10H2,1H3,(H,24,32)(H,25,35)(H,30,31)/t12?,13-,14-/m0/s1. The smallest absolute Gasteiger partial charge is 0.407 e. The van der Waals surface area contributed by atoms with E-state index in [0.717, 1.165) is 28.5 Å². The molecule has 0 spiro atoms. The number of nitrogens with one attached hydrogen (secondary N) is 2. The van der Waals surface area contributed by atoms with Crippen molar-refractivity contribution in [3.63, 3.8) is 0 Å². The fourth-order valence-electron chi connectivity index (χ4n) is 4.04. The summed E-state index contributed by atoms with van der Waals surface area (Å²) in [6.07, 6.45) is -1.37. The van der Waals surface area contributed by atoms with E-state index >= 15 is 0 Å². The zero-order chi connectivity index (χ0) is 28.0. The quantitative estimate of drug-likeness (QED) is 0.348. The van der Waals surface area contributed by atoms with Crippen molar-refractivity contribution in [3.05, 3.63) is 21.3 Å². The van der Waals surface area contributed by atoms with Crippen molar-refractivity contribution >= 4 is 64.5 Å². The molecule has 14 nitrogen and oxygen atoms in total. The van der Waals surface area contributed by atoms with Crippen molar-refractivity contribution in [1.29, 1.82) is 0 Å². The Kier molecular flexibility index (Phi) is 9.63. The molecule has 38 heavy (non-hydrogen) atoms. The fraction of sp³-hybridized carbons (Fsp3) is 0.500. The Morgan fingerprint density at radius 3 is 2.61 bits per heavy atom. The molecule has 1 unspecified atom stereocenters. The van der Waals surface area contributed by atoms with E-state index < -0.39 is 72.7 Å². The molecule has 0 aliphatic carbocycles. The summed E-state index contributed by atoms with van der Waals surface area (Å²) in [5, 5.41) is 17.7. The first-order valence-electron chi connectivity index (χ1n) is 11.5. The first-order chi connectivity index (χ1) is 18.0. The molecule has 3 heterocycles. The third-order valence-electron chi connectivity index (χ3n) is 5.87. The van der Waals surface area contributed by atoms with Crippen molar-refractivity contribution in [2.45, 2.75) is 50.2 Å². The summed E-state index contributed by atoms with van der Waals surface area (Å²) in [6, 6.07) is -2.55. The first kappa shape index (κ1) is 28.8. The number of alkyl carbamates (subject to hydrolysis) is 1. The van der Waals surface area contributed by atoms with Crippen LogP contribution in [0, 0.1) is 0 Å². The average molecular weight is 573 g/mol. The molecule has 0 radical (unpaired) electrons. The predicted molar refractivity (Wildman–Crippen MR) is 129 cm³/mol. The molecule has 3 atom stereocenters. The maximum Gasteiger partial charge on any atom is 0.407 e. The number of nitrogens with zero attached hydrogens (tertiary/aromatic N) is 2. The topological polar surface area (TPSA) is 189 Å². The molecular formula is C22H25ClN4O10S. The Morgan fingerprint density at radius 1 is 1.24 bits per heavy atom. The maximum absolute atomic E-state index is 13.3.